The summed E-state index contributed by atoms with van der Waals surface area (Å²) in [5, 5.41) is 3.18. The lowest BCUT2D eigenvalue weighted by molar-refractivity contribution is -0.131. The Balaban J connectivity index is 2.27. The van der Waals surface area contributed by atoms with Gasteiger partial charge in [0, 0.05) is 13.1 Å². The van der Waals surface area contributed by atoms with Crippen molar-refractivity contribution in [3.63, 3.8) is 0 Å². The van der Waals surface area contributed by atoms with Crippen molar-refractivity contribution in [3.05, 3.63) is 0 Å². The zero-order chi connectivity index (χ0) is 12.7. The lowest BCUT2D eigenvalue weighted by Gasteiger charge is -2.34. The third-order valence-electron chi connectivity index (χ3n) is 4.04. The highest BCUT2D eigenvalue weighted by Gasteiger charge is 2.25. The van der Waals surface area contributed by atoms with Crippen LogP contribution in [0.4, 0.5) is 0 Å². The third kappa shape index (κ3) is 4.66. The molecule has 1 aliphatic carbocycles. The van der Waals surface area contributed by atoms with Crippen molar-refractivity contribution >= 4 is 5.91 Å². The summed E-state index contributed by atoms with van der Waals surface area (Å²) < 4.78 is 0. The van der Waals surface area contributed by atoms with Crippen molar-refractivity contribution in [3.8, 4) is 0 Å². The quantitative estimate of drug-likeness (QED) is 0.723. The Bertz CT molecular complexity index is 222. The van der Waals surface area contributed by atoms with Gasteiger partial charge in [0.25, 0.3) is 0 Å². The van der Waals surface area contributed by atoms with Gasteiger partial charge in [-0.25, -0.2) is 0 Å². The minimum atomic E-state index is 0.249. The average Bonchev–Trinajstić information content (AvgIpc) is 2.38. The summed E-state index contributed by atoms with van der Waals surface area (Å²) in [5.41, 5.74) is 0. The summed E-state index contributed by atoms with van der Waals surface area (Å²) in [5.74, 6) is 1.14. The van der Waals surface area contributed by atoms with Gasteiger partial charge in [0.2, 0.25) is 5.91 Å². The predicted octanol–water partition coefficient (Wildman–Crippen LogP) is 2.41. The van der Waals surface area contributed by atoms with Crippen LogP contribution in [-0.4, -0.2) is 37.0 Å². The van der Waals surface area contributed by atoms with Crippen LogP contribution < -0.4 is 5.32 Å². The Morgan fingerprint density at radius 2 is 1.88 bits per heavy atom. The molecule has 0 unspecified atom stereocenters. The molecule has 1 amide bonds. The van der Waals surface area contributed by atoms with Gasteiger partial charge in [-0.15, -0.1) is 0 Å². The second-order valence-electron chi connectivity index (χ2n) is 5.26. The zero-order valence-electron chi connectivity index (χ0n) is 11.7. The maximum Gasteiger partial charge on any atom is 0.236 e. The Hall–Kier alpha value is -0.570. The average molecular weight is 240 g/mol. The summed E-state index contributed by atoms with van der Waals surface area (Å²) in [6.07, 6.45) is 7.34. The molecule has 3 heteroatoms. The van der Waals surface area contributed by atoms with E-state index in [0.29, 0.717) is 12.6 Å². The number of carbonyl (C=O) groups excluding carboxylic acids is 1. The topological polar surface area (TPSA) is 32.3 Å². The number of rotatable bonds is 6. The van der Waals surface area contributed by atoms with E-state index < -0.39 is 0 Å². The summed E-state index contributed by atoms with van der Waals surface area (Å²) >= 11 is 0. The van der Waals surface area contributed by atoms with Gasteiger partial charge < -0.3 is 10.2 Å². The first-order valence-corrected chi connectivity index (χ1v) is 7.15. The van der Waals surface area contributed by atoms with Crippen LogP contribution in [0.2, 0.25) is 0 Å². The molecule has 0 aliphatic heterocycles. The fourth-order valence-corrected chi connectivity index (χ4v) is 2.64. The molecule has 3 nitrogen and oxygen atoms in total. The molecule has 0 aromatic rings. The predicted molar refractivity (Wildman–Crippen MR) is 72.0 cm³/mol. The van der Waals surface area contributed by atoms with E-state index in [1.54, 1.807) is 0 Å². The van der Waals surface area contributed by atoms with Gasteiger partial charge in [-0.3, -0.25) is 4.79 Å². The van der Waals surface area contributed by atoms with E-state index >= 15 is 0 Å². The number of amides is 1. The van der Waals surface area contributed by atoms with Crippen molar-refractivity contribution in [2.24, 2.45) is 5.92 Å². The minimum absolute atomic E-state index is 0.249. The molecular formula is C14H28N2O. The molecule has 0 atom stereocenters. The molecule has 1 N–H and O–H groups in total. The van der Waals surface area contributed by atoms with Crippen LogP contribution in [0.25, 0.3) is 0 Å². The van der Waals surface area contributed by atoms with E-state index in [1.165, 1.54) is 32.1 Å². The standard InChI is InChI=1S/C14H28N2O/c1-4-10-15-11-14(17)16(3)13-8-6-12(5-2)7-9-13/h12-13,15H,4-11H2,1-3H3. The number of nitrogens with zero attached hydrogens (tertiary/aromatic N) is 1. The second-order valence-corrected chi connectivity index (χ2v) is 5.26. The molecule has 1 aliphatic rings. The van der Waals surface area contributed by atoms with Crippen molar-refractivity contribution in [2.45, 2.75) is 58.4 Å². The van der Waals surface area contributed by atoms with Gasteiger partial charge >= 0.3 is 0 Å². The first-order valence-electron chi connectivity index (χ1n) is 7.15. The molecule has 0 saturated heterocycles. The van der Waals surface area contributed by atoms with Crippen molar-refractivity contribution in [1.82, 2.24) is 10.2 Å². The highest BCUT2D eigenvalue weighted by molar-refractivity contribution is 5.78. The molecule has 0 radical (unpaired) electrons. The largest absolute Gasteiger partial charge is 0.342 e. The highest BCUT2D eigenvalue weighted by atomic mass is 16.2. The number of hydrogen-bond acceptors (Lipinski definition) is 2. The Morgan fingerprint density at radius 1 is 1.24 bits per heavy atom. The molecule has 1 rings (SSSR count). The summed E-state index contributed by atoms with van der Waals surface area (Å²) in [4.78, 5) is 13.9. The molecule has 0 aromatic heterocycles. The summed E-state index contributed by atoms with van der Waals surface area (Å²) in [6.45, 7) is 5.82. The SMILES string of the molecule is CCCNCC(=O)N(C)C1CCC(CC)CC1. The molecule has 100 valence electrons. The fourth-order valence-electron chi connectivity index (χ4n) is 2.64. The summed E-state index contributed by atoms with van der Waals surface area (Å²) in [7, 11) is 1.97. The van der Waals surface area contributed by atoms with Crippen LogP contribution in [0, 0.1) is 5.92 Å². The molecular weight excluding hydrogens is 212 g/mol. The monoisotopic (exact) mass is 240 g/mol. The molecule has 0 spiro atoms. The van der Waals surface area contributed by atoms with Crippen LogP contribution in [0.1, 0.15) is 52.4 Å². The summed E-state index contributed by atoms with van der Waals surface area (Å²) in [6, 6.07) is 0.480. The molecule has 1 fully saturated rings. The lowest BCUT2D eigenvalue weighted by atomic mass is 9.84. The van der Waals surface area contributed by atoms with E-state index in [1.807, 2.05) is 11.9 Å². The molecule has 0 aromatic carbocycles. The highest BCUT2D eigenvalue weighted by Crippen LogP contribution is 2.28. The van der Waals surface area contributed by atoms with Crippen LogP contribution >= 0.6 is 0 Å². The minimum Gasteiger partial charge on any atom is -0.342 e. The number of carbonyl (C=O) groups is 1. The van der Waals surface area contributed by atoms with E-state index in [2.05, 4.69) is 19.2 Å². The number of hydrogen-bond donors (Lipinski definition) is 1. The zero-order valence-corrected chi connectivity index (χ0v) is 11.7. The van der Waals surface area contributed by atoms with E-state index in [-0.39, 0.29) is 5.91 Å². The van der Waals surface area contributed by atoms with Crippen LogP contribution in [0.15, 0.2) is 0 Å². The third-order valence-corrected chi connectivity index (χ3v) is 4.04. The first kappa shape index (κ1) is 14.5. The van der Waals surface area contributed by atoms with Gasteiger partial charge in [-0.1, -0.05) is 20.3 Å². The van der Waals surface area contributed by atoms with E-state index in [4.69, 9.17) is 0 Å². The van der Waals surface area contributed by atoms with Crippen LogP contribution in [0.3, 0.4) is 0 Å². The lowest BCUT2D eigenvalue weighted by Crippen LogP contribution is -2.43. The number of likely N-dealkylation sites (N-methyl/N-ethyl adjacent to an activating group) is 1. The van der Waals surface area contributed by atoms with Gasteiger partial charge in [0.05, 0.1) is 6.54 Å². The van der Waals surface area contributed by atoms with Crippen LogP contribution in [-0.2, 0) is 4.79 Å². The second kappa shape index (κ2) is 7.70. The number of nitrogens with one attached hydrogen (secondary N) is 1. The normalized spacial score (nSPS) is 24.6. The molecule has 0 bridgehead atoms. The van der Waals surface area contributed by atoms with Crippen LogP contribution in [0.5, 0.6) is 0 Å². The Morgan fingerprint density at radius 3 is 2.41 bits per heavy atom. The van der Waals surface area contributed by atoms with Gasteiger partial charge in [0.15, 0.2) is 0 Å². The smallest absolute Gasteiger partial charge is 0.236 e. The van der Waals surface area contributed by atoms with E-state index in [9.17, 15) is 4.79 Å². The molecule has 1 saturated carbocycles. The Kier molecular flexibility index (Phi) is 6.56. The molecule has 17 heavy (non-hydrogen) atoms. The van der Waals surface area contributed by atoms with Crippen molar-refractivity contribution < 1.29 is 4.79 Å². The maximum atomic E-state index is 11.9. The maximum absolute atomic E-state index is 11.9. The van der Waals surface area contributed by atoms with E-state index in [0.717, 1.165) is 18.9 Å². The van der Waals surface area contributed by atoms with Crippen molar-refractivity contribution in [2.75, 3.05) is 20.1 Å². The van der Waals surface area contributed by atoms with Gasteiger partial charge in [-0.05, 0) is 44.6 Å². The first-order chi connectivity index (χ1) is 8.19. The van der Waals surface area contributed by atoms with Gasteiger partial charge in [-0.2, -0.15) is 0 Å². The Labute approximate surface area is 106 Å². The fraction of sp³-hybridized carbons (Fsp3) is 0.929. The molecule has 0 heterocycles. The van der Waals surface area contributed by atoms with Gasteiger partial charge in [0.1, 0.15) is 0 Å². The van der Waals surface area contributed by atoms with Crippen molar-refractivity contribution in [1.29, 1.82) is 0 Å².